The fraction of sp³-hybridized carbons (Fsp3) is 0.348. The van der Waals surface area contributed by atoms with Gasteiger partial charge in [-0.15, -0.1) is 11.3 Å². The van der Waals surface area contributed by atoms with Crippen LogP contribution >= 0.6 is 27.3 Å². The molecule has 0 unspecified atom stereocenters. The minimum absolute atomic E-state index is 0.0719. The average molecular weight is 488 g/mol. The van der Waals surface area contributed by atoms with Gasteiger partial charge in [-0.3, -0.25) is 0 Å². The van der Waals surface area contributed by atoms with Crippen molar-refractivity contribution in [1.29, 1.82) is 0 Å². The largest absolute Gasteiger partial charge is 0.322 e. The summed E-state index contributed by atoms with van der Waals surface area (Å²) < 4.78 is 17.3. The molecule has 0 fully saturated rings. The molecule has 0 saturated carbocycles. The second-order valence-corrected chi connectivity index (χ2v) is 9.90. The Hall–Kier alpha value is -2.12. The number of halogens is 2. The van der Waals surface area contributed by atoms with E-state index >= 15 is 0 Å². The van der Waals surface area contributed by atoms with Crippen molar-refractivity contribution < 1.29 is 9.18 Å². The summed E-state index contributed by atoms with van der Waals surface area (Å²) in [6, 6.07) is 8.51. The number of aryl methyl sites for hydroxylation is 1. The lowest BCUT2D eigenvalue weighted by Crippen LogP contribution is -2.37. The third kappa shape index (κ3) is 3.28. The second kappa shape index (κ2) is 7.85. The molecule has 3 aromatic rings. The summed E-state index contributed by atoms with van der Waals surface area (Å²) in [7, 11) is 0. The third-order valence-corrected chi connectivity index (χ3v) is 7.95. The van der Waals surface area contributed by atoms with E-state index in [9.17, 15) is 9.18 Å². The molecule has 7 heteroatoms. The van der Waals surface area contributed by atoms with E-state index in [1.54, 1.807) is 12.1 Å². The topological polar surface area (TPSA) is 37.3 Å². The molecule has 2 aliphatic rings. The van der Waals surface area contributed by atoms with Crippen LogP contribution in [0.25, 0.3) is 5.00 Å². The van der Waals surface area contributed by atoms with Crippen LogP contribution in [0.2, 0.25) is 0 Å². The molecule has 1 aliphatic carbocycles. The molecule has 1 aromatic carbocycles. The van der Waals surface area contributed by atoms with E-state index < -0.39 is 5.82 Å². The van der Waals surface area contributed by atoms with Crippen LogP contribution in [-0.2, 0) is 19.4 Å². The molecule has 0 radical (unpaired) electrons. The normalized spacial score (nSPS) is 17.7. The number of amides is 2. The van der Waals surface area contributed by atoms with E-state index in [0.29, 0.717) is 11.0 Å². The summed E-state index contributed by atoms with van der Waals surface area (Å²) in [6.07, 6.45) is 7.52. The Balaban J connectivity index is 1.56. The minimum atomic E-state index is -0.447. The molecule has 156 valence electrons. The number of anilines is 1. The summed E-state index contributed by atoms with van der Waals surface area (Å²) >= 11 is 5.14. The zero-order valence-electron chi connectivity index (χ0n) is 16.8. The summed E-state index contributed by atoms with van der Waals surface area (Å²) in [4.78, 5) is 16.7. The Morgan fingerprint density at radius 3 is 2.90 bits per heavy atom. The van der Waals surface area contributed by atoms with Crippen LogP contribution in [0.3, 0.4) is 0 Å². The lowest BCUT2D eigenvalue weighted by Gasteiger charge is -2.30. The predicted molar refractivity (Wildman–Crippen MR) is 122 cm³/mol. The molecular weight excluding hydrogens is 465 g/mol. The zero-order chi connectivity index (χ0) is 20.8. The maximum Gasteiger partial charge on any atom is 0.322 e. The van der Waals surface area contributed by atoms with Gasteiger partial charge in [0.15, 0.2) is 0 Å². The SMILES string of the molecule is CC[C@@H]1c2cccn2-c2sc3c(c2CN1C(=O)Nc1ccc(Br)cc1F)CCCC3. The number of nitrogens with one attached hydrogen (secondary N) is 1. The Bertz CT molecular complexity index is 1120. The van der Waals surface area contributed by atoms with Gasteiger partial charge < -0.3 is 14.8 Å². The maximum absolute atomic E-state index is 14.4. The van der Waals surface area contributed by atoms with Gasteiger partial charge in [-0.1, -0.05) is 22.9 Å². The molecule has 3 heterocycles. The van der Waals surface area contributed by atoms with Gasteiger partial charge in [0.25, 0.3) is 0 Å². The summed E-state index contributed by atoms with van der Waals surface area (Å²) in [5, 5.41) is 4.05. The molecule has 1 aliphatic heterocycles. The number of aromatic nitrogens is 1. The number of rotatable bonds is 2. The van der Waals surface area contributed by atoms with Crippen molar-refractivity contribution >= 4 is 39.0 Å². The second-order valence-electron chi connectivity index (χ2n) is 7.90. The van der Waals surface area contributed by atoms with E-state index in [1.807, 2.05) is 16.2 Å². The fourth-order valence-corrected chi connectivity index (χ4v) is 6.42. The monoisotopic (exact) mass is 487 g/mol. The molecule has 30 heavy (non-hydrogen) atoms. The fourth-order valence-electron chi connectivity index (χ4n) is 4.69. The highest BCUT2D eigenvalue weighted by atomic mass is 79.9. The molecule has 2 amide bonds. The van der Waals surface area contributed by atoms with Gasteiger partial charge in [-0.05, 0) is 68.0 Å². The van der Waals surface area contributed by atoms with Crippen molar-refractivity contribution in [3.05, 3.63) is 68.5 Å². The number of urea groups is 1. The number of nitrogens with zero attached hydrogens (tertiary/aromatic N) is 2. The highest BCUT2D eigenvalue weighted by Crippen LogP contribution is 2.43. The molecule has 0 bridgehead atoms. The third-order valence-electron chi connectivity index (χ3n) is 6.12. The average Bonchev–Trinajstić information content (AvgIpc) is 3.32. The molecule has 0 saturated heterocycles. The van der Waals surface area contributed by atoms with Crippen molar-refractivity contribution in [1.82, 2.24) is 9.47 Å². The van der Waals surface area contributed by atoms with Gasteiger partial charge in [0.1, 0.15) is 10.8 Å². The molecule has 0 spiro atoms. The van der Waals surface area contributed by atoms with E-state index in [1.165, 1.54) is 39.9 Å². The van der Waals surface area contributed by atoms with Crippen molar-refractivity contribution in [2.75, 3.05) is 5.32 Å². The van der Waals surface area contributed by atoms with E-state index in [-0.39, 0.29) is 17.8 Å². The van der Waals surface area contributed by atoms with Crippen LogP contribution in [0.4, 0.5) is 14.9 Å². The number of hydrogen-bond donors (Lipinski definition) is 1. The predicted octanol–water partition coefficient (Wildman–Crippen LogP) is 6.82. The molecular formula is C23H23BrFN3OS. The first-order chi connectivity index (χ1) is 14.6. The number of hydrogen-bond acceptors (Lipinski definition) is 2. The molecule has 1 atom stereocenters. The van der Waals surface area contributed by atoms with Gasteiger partial charge in [0, 0.05) is 26.8 Å². The highest BCUT2D eigenvalue weighted by molar-refractivity contribution is 9.10. The summed E-state index contributed by atoms with van der Waals surface area (Å²) in [6.45, 7) is 2.64. The van der Waals surface area contributed by atoms with Crippen LogP contribution in [0.1, 0.15) is 53.9 Å². The van der Waals surface area contributed by atoms with Gasteiger partial charge in [-0.2, -0.15) is 0 Å². The Kier molecular flexibility index (Phi) is 5.19. The smallest absolute Gasteiger partial charge is 0.312 e. The van der Waals surface area contributed by atoms with Crippen LogP contribution in [0.15, 0.2) is 41.0 Å². The first kappa shape index (κ1) is 19.8. The lowest BCUT2D eigenvalue weighted by molar-refractivity contribution is 0.181. The quantitative estimate of drug-likeness (QED) is 0.423. The van der Waals surface area contributed by atoms with E-state index in [4.69, 9.17) is 0 Å². The number of benzene rings is 1. The van der Waals surface area contributed by atoms with Gasteiger partial charge in [0.2, 0.25) is 0 Å². The van der Waals surface area contributed by atoms with Crippen LogP contribution in [0, 0.1) is 5.82 Å². The Morgan fingerprint density at radius 1 is 1.27 bits per heavy atom. The molecule has 4 nitrogen and oxygen atoms in total. The number of thiophene rings is 1. The first-order valence-corrected chi connectivity index (χ1v) is 12.0. The zero-order valence-corrected chi connectivity index (χ0v) is 19.2. The Labute approximate surface area is 187 Å². The van der Waals surface area contributed by atoms with Gasteiger partial charge in [0.05, 0.1) is 18.3 Å². The Morgan fingerprint density at radius 2 is 2.10 bits per heavy atom. The highest BCUT2D eigenvalue weighted by Gasteiger charge is 2.34. The number of fused-ring (bicyclic) bond motifs is 5. The molecule has 2 aromatic heterocycles. The van der Waals surface area contributed by atoms with Gasteiger partial charge in [-0.25, -0.2) is 9.18 Å². The van der Waals surface area contributed by atoms with Crippen LogP contribution < -0.4 is 5.32 Å². The summed E-state index contributed by atoms with van der Waals surface area (Å²) in [5.74, 6) is -0.447. The van der Waals surface area contributed by atoms with E-state index in [2.05, 4.69) is 51.1 Å². The summed E-state index contributed by atoms with van der Waals surface area (Å²) in [5.41, 5.74) is 3.99. The van der Waals surface area contributed by atoms with Gasteiger partial charge >= 0.3 is 6.03 Å². The van der Waals surface area contributed by atoms with Crippen molar-refractivity contribution in [2.24, 2.45) is 0 Å². The van der Waals surface area contributed by atoms with Crippen LogP contribution in [0.5, 0.6) is 0 Å². The van der Waals surface area contributed by atoms with Crippen molar-refractivity contribution in [3.8, 4) is 5.00 Å². The van der Waals surface area contributed by atoms with Crippen molar-refractivity contribution in [3.63, 3.8) is 0 Å². The maximum atomic E-state index is 14.4. The number of carbonyl (C=O) groups is 1. The molecule has 1 N–H and O–H groups in total. The standard InChI is InChI=1S/C23H23BrFN3OS/c1-2-19-20-7-5-11-27(20)22-16(15-6-3-4-8-21(15)30-22)13-28(19)23(29)26-18-10-9-14(24)12-17(18)25/h5,7,9-12,19H,2-4,6,8,13H2,1H3,(H,26,29)/t19-/m1/s1. The first-order valence-electron chi connectivity index (χ1n) is 10.4. The molecule has 5 rings (SSSR count). The van der Waals surface area contributed by atoms with Crippen LogP contribution in [-0.4, -0.2) is 15.5 Å². The van der Waals surface area contributed by atoms with Crippen molar-refractivity contribution in [2.45, 2.75) is 51.6 Å². The van der Waals surface area contributed by atoms with E-state index in [0.717, 1.165) is 25.0 Å². The number of carbonyl (C=O) groups excluding carboxylic acids is 1. The lowest BCUT2D eigenvalue weighted by atomic mass is 9.95. The minimum Gasteiger partial charge on any atom is -0.312 e.